The van der Waals surface area contributed by atoms with E-state index in [2.05, 4.69) is 168 Å². The van der Waals surface area contributed by atoms with Gasteiger partial charge in [0.25, 0.3) is 0 Å². The first kappa shape index (κ1) is 27.0. The van der Waals surface area contributed by atoms with E-state index in [-0.39, 0.29) is 0 Å². The maximum atomic E-state index is 5.65. The summed E-state index contributed by atoms with van der Waals surface area (Å²) < 4.78 is 2.39. The summed E-state index contributed by atoms with van der Waals surface area (Å²) in [5.74, 6) is 0.833. The molecular weight excluding hydrogens is 619 g/mol. The highest BCUT2D eigenvalue weighted by Crippen LogP contribution is 2.50. The van der Waals surface area contributed by atoms with Crippen LogP contribution in [0.15, 0.2) is 164 Å². The van der Waals surface area contributed by atoms with E-state index in [1.54, 1.807) is 0 Å². The van der Waals surface area contributed by atoms with Gasteiger partial charge in [-0.3, -0.25) is 4.57 Å². The van der Waals surface area contributed by atoms with Gasteiger partial charge in [0.05, 0.1) is 22.1 Å². The normalized spacial score (nSPS) is 12.3. The predicted molar refractivity (Wildman–Crippen MR) is 214 cm³/mol. The van der Waals surface area contributed by atoms with E-state index in [0.29, 0.717) is 0 Å². The van der Waals surface area contributed by atoms with E-state index < -0.39 is 0 Å². The van der Waals surface area contributed by atoms with Crippen molar-refractivity contribution in [3.8, 4) is 39.3 Å². The first-order valence-electron chi connectivity index (χ1n) is 17.5. The standard InChI is InChI=1S/C48H27N3/c1-2-9-28(10-3-1)33-13-6-14-34(27-33)46-48(50-47-35-15-5-4-11-29(35)23-25-38(47)49-46)51-39-18-8-17-37-36-16-7-12-30-19-20-31-21-22-32-24-26-40(51)45(44(37)39)43(32)42(31)41(30)36/h1-27H. The summed E-state index contributed by atoms with van der Waals surface area (Å²) in [7, 11) is 0. The van der Waals surface area contributed by atoms with Gasteiger partial charge in [0.2, 0.25) is 0 Å². The highest BCUT2D eigenvalue weighted by atomic mass is 15.1. The van der Waals surface area contributed by atoms with Crippen LogP contribution in [0.1, 0.15) is 0 Å². The number of rotatable bonds is 3. The monoisotopic (exact) mass is 645 g/mol. The molecule has 51 heavy (non-hydrogen) atoms. The lowest BCUT2D eigenvalue weighted by Crippen LogP contribution is -2.04. The number of hydrogen-bond acceptors (Lipinski definition) is 2. The maximum Gasteiger partial charge on any atom is 0.165 e. The summed E-state index contributed by atoms with van der Waals surface area (Å²) in [5.41, 5.74) is 10.8. The summed E-state index contributed by atoms with van der Waals surface area (Å²) in [5, 5.41) is 12.5. The zero-order valence-corrected chi connectivity index (χ0v) is 27.4. The smallest absolute Gasteiger partial charge is 0.165 e. The van der Waals surface area contributed by atoms with Gasteiger partial charge < -0.3 is 0 Å². The van der Waals surface area contributed by atoms with Crippen LogP contribution in [0.2, 0.25) is 0 Å². The van der Waals surface area contributed by atoms with Gasteiger partial charge in [-0.05, 0) is 78.8 Å². The van der Waals surface area contributed by atoms with Gasteiger partial charge in [-0.15, -0.1) is 0 Å². The van der Waals surface area contributed by atoms with E-state index >= 15 is 0 Å². The molecule has 1 aliphatic carbocycles. The van der Waals surface area contributed by atoms with Gasteiger partial charge in [0.15, 0.2) is 5.82 Å². The van der Waals surface area contributed by atoms with Crippen molar-refractivity contribution in [2.24, 2.45) is 0 Å². The minimum atomic E-state index is 0.833. The molecule has 1 aliphatic rings. The second-order valence-corrected chi connectivity index (χ2v) is 13.7. The third-order valence-electron chi connectivity index (χ3n) is 11.0. The van der Waals surface area contributed by atoms with Crippen molar-refractivity contribution in [2.45, 2.75) is 0 Å². The van der Waals surface area contributed by atoms with E-state index in [1.807, 2.05) is 0 Å². The number of benzene rings is 9. The zero-order chi connectivity index (χ0) is 33.2. The molecule has 12 rings (SSSR count). The molecule has 0 spiro atoms. The van der Waals surface area contributed by atoms with Crippen LogP contribution in [0, 0.1) is 0 Å². The Morgan fingerprint density at radius 2 is 0.980 bits per heavy atom. The fourth-order valence-electron chi connectivity index (χ4n) is 8.84. The molecule has 0 saturated heterocycles. The summed E-state index contributed by atoms with van der Waals surface area (Å²) in [6.45, 7) is 0. The lowest BCUT2D eigenvalue weighted by Gasteiger charge is -2.16. The highest BCUT2D eigenvalue weighted by molar-refractivity contribution is 6.38. The van der Waals surface area contributed by atoms with Crippen LogP contribution in [0.25, 0.3) is 115 Å². The lowest BCUT2D eigenvalue weighted by molar-refractivity contribution is 1.08. The number of aromatic nitrogens is 3. The fraction of sp³-hybridized carbons (Fsp3) is 0. The molecule has 3 nitrogen and oxygen atoms in total. The van der Waals surface area contributed by atoms with Crippen molar-refractivity contribution in [1.29, 1.82) is 0 Å². The Balaban J connectivity index is 1.28. The zero-order valence-electron chi connectivity index (χ0n) is 27.4. The van der Waals surface area contributed by atoms with Crippen LogP contribution >= 0.6 is 0 Å². The minimum Gasteiger partial charge on any atom is -0.292 e. The highest BCUT2D eigenvalue weighted by Gasteiger charge is 2.26. The van der Waals surface area contributed by atoms with Crippen LogP contribution in [-0.2, 0) is 0 Å². The van der Waals surface area contributed by atoms with Crippen LogP contribution in [0.5, 0.6) is 0 Å². The molecule has 0 saturated carbocycles. The molecule has 9 aromatic carbocycles. The lowest BCUT2D eigenvalue weighted by atomic mass is 9.93. The number of hydrogen-bond donors (Lipinski definition) is 0. The van der Waals surface area contributed by atoms with Crippen LogP contribution in [-0.4, -0.2) is 14.5 Å². The molecule has 0 atom stereocenters. The Bertz CT molecular complexity index is 3290. The Kier molecular flexibility index (Phi) is 5.23. The second-order valence-electron chi connectivity index (χ2n) is 13.7. The van der Waals surface area contributed by atoms with Crippen LogP contribution in [0.4, 0.5) is 0 Å². The molecule has 2 heterocycles. The third-order valence-corrected chi connectivity index (χ3v) is 11.0. The van der Waals surface area contributed by atoms with Crippen LogP contribution < -0.4 is 0 Å². The van der Waals surface area contributed by atoms with Crippen LogP contribution in [0.3, 0.4) is 0 Å². The third kappa shape index (κ3) is 3.62. The molecule has 0 N–H and O–H groups in total. The summed E-state index contributed by atoms with van der Waals surface area (Å²) in [6.07, 6.45) is 0. The summed E-state index contributed by atoms with van der Waals surface area (Å²) in [4.78, 5) is 11.1. The Labute approximate surface area is 292 Å². The SMILES string of the molecule is c1ccc(-c2cccc(-c3nc4ccc5ccccc5c4nc3-n3c4cccc5c4c4c6c(ccc7ccc8cccc-5c8c76)ccc43)c2)cc1. The van der Waals surface area contributed by atoms with Crippen molar-refractivity contribution in [3.05, 3.63) is 164 Å². The minimum absolute atomic E-state index is 0.833. The fourth-order valence-corrected chi connectivity index (χ4v) is 8.84. The van der Waals surface area contributed by atoms with E-state index in [4.69, 9.17) is 9.97 Å². The molecule has 0 fully saturated rings. The topological polar surface area (TPSA) is 30.7 Å². The van der Waals surface area contributed by atoms with Gasteiger partial charge in [0, 0.05) is 27.1 Å². The van der Waals surface area contributed by atoms with E-state index in [1.165, 1.54) is 59.8 Å². The molecule has 0 unspecified atom stereocenters. The largest absolute Gasteiger partial charge is 0.292 e. The average Bonchev–Trinajstić information content (AvgIpc) is 3.47. The van der Waals surface area contributed by atoms with Gasteiger partial charge in [-0.1, -0.05) is 140 Å². The predicted octanol–water partition coefficient (Wildman–Crippen LogP) is 12.7. The van der Waals surface area contributed by atoms with Crippen molar-refractivity contribution < 1.29 is 0 Å². The number of nitrogens with zero attached hydrogens (tertiary/aromatic N) is 3. The Hall–Kier alpha value is -6.84. The number of fused-ring (bicyclic) bond motifs is 4. The second kappa shape index (κ2) is 9.87. The molecule has 0 radical (unpaired) electrons. The first-order valence-corrected chi connectivity index (χ1v) is 17.5. The van der Waals surface area contributed by atoms with E-state index in [0.717, 1.165) is 55.5 Å². The molecule has 0 aliphatic heterocycles. The van der Waals surface area contributed by atoms with Crippen molar-refractivity contribution in [2.75, 3.05) is 0 Å². The van der Waals surface area contributed by atoms with Crippen molar-refractivity contribution in [1.82, 2.24) is 14.5 Å². The van der Waals surface area contributed by atoms with Crippen molar-refractivity contribution >= 4 is 75.9 Å². The molecule has 0 bridgehead atoms. The molecular formula is C48H27N3. The van der Waals surface area contributed by atoms with E-state index in [9.17, 15) is 0 Å². The molecule has 11 aromatic rings. The quantitative estimate of drug-likeness (QED) is 0.179. The maximum absolute atomic E-state index is 5.65. The summed E-state index contributed by atoms with van der Waals surface area (Å²) in [6, 6.07) is 59.3. The van der Waals surface area contributed by atoms with Gasteiger partial charge >= 0.3 is 0 Å². The van der Waals surface area contributed by atoms with Gasteiger partial charge in [-0.2, -0.15) is 0 Å². The van der Waals surface area contributed by atoms with Gasteiger partial charge in [-0.25, -0.2) is 9.97 Å². The molecule has 0 amide bonds. The Morgan fingerprint density at radius 3 is 1.84 bits per heavy atom. The van der Waals surface area contributed by atoms with Crippen molar-refractivity contribution in [3.63, 3.8) is 0 Å². The summed E-state index contributed by atoms with van der Waals surface area (Å²) >= 11 is 0. The van der Waals surface area contributed by atoms with Gasteiger partial charge in [0.1, 0.15) is 5.69 Å². The average molecular weight is 646 g/mol. The molecule has 2 aromatic heterocycles. The molecule has 234 valence electrons. The first-order chi connectivity index (χ1) is 25.3. The Morgan fingerprint density at radius 1 is 0.373 bits per heavy atom. The molecule has 3 heteroatoms.